The van der Waals surface area contributed by atoms with Crippen LogP contribution in [0.2, 0.25) is 0 Å². The van der Waals surface area contributed by atoms with E-state index < -0.39 is 0 Å². The molecule has 0 fully saturated rings. The molecule has 0 aromatic heterocycles. The Kier molecular flexibility index (Phi) is 2.80. The summed E-state index contributed by atoms with van der Waals surface area (Å²) in [6.07, 6.45) is 8.65. The molecular weight excluding hydrogens is 170 g/mol. The minimum Gasteiger partial charge on any atom is -0.334 e. The summed E-state index contributed by atoms with van der Waals surface area (Å²) >= 11 is 0. The highest BCUT2D eigenvalue weighted by Crippen LogP contribution is 2.02. The first-order valence-electron chi connectivity index (χ1n) is 5.08. The Morgan fingerprint density at radius 1 is 1.21 bits per heavy atom. The summed E-state index contributed by atoms with van der Waals surface area (Å²) in [6, 6.07) is 9.23. The number of aryl methyl sites for hydroxylation is 1. The van der Waals surface area contributed by atoms with E-state index in [0.29, 0.717) is 6.04 Å². The zero-order valence-corrected chi connectivity index (χ0v) is 8.48. The van der Waals surface area contributed by atoms with Crippen molar-refractivity contribution in [3.63, 3.8) is 0 Å². The highest BCUT2D eigenvalue weighted by Gasteiger charge is 2.05. The maximum absolute atomic E-state index is 2.34. The molecule has 0 bridgehead atoms. The highest BCUT2D eigenvalue weighted by molar-refractivity contribution is 5.22. The number of quaternary nitrogens is 1. The van der Waals surface area contributed by atoms with E-state index in [1.165, 1.54) is 11.1 Å². The molecule has 2 N–H and O–H groups in total. The number of nitrogens with two attached hydrogens (primary N) is 1. The molecule has 1 nitrogen and oxygen atoms in total. The molecule has 0 aliphatic heterocycles. The standard InChI is InChI=1S/C13H15N/c1-11-5-4-6-12(9-11)10-14-13-7-2-3-8-13/h2-9,13-14H,10H2,1H3/p+1. The second kappa shape index (κ2) is 4.25. The molecule has 0 unspecified atom stereocenters. The Balaban J connectivity index is 1.91. The average molecular weight is 186 g/mol. The van der Waals surface area contributed by atoms with Crippen LogP contribution in [-0.4, -0.2) is 6.04 Å². The Morgan fingerprint density at radius 2 is 2.00 bits per heavy atom. The summed E-state index contributed by atoms with van der Waals surface area (Å²) in [5.74, 6) is 0. The monoisotopic (exact) mass is 186 g/mol. The molecule has 72 valence electrons. The minimum atomic E-state index is 0.538. The van der Waals surface area contributed by atoms with Crippen LogP contribution in [0.4, 0.5) is 0 Å². The molecule has 0 saturated carbocycles. The van der Waals surface area contributed by atoms with E-state index in [0.717, 1.165) is 6.54 Å². The fraction of sp³-hybridized carbons (Fsp3) is 0.231. The van der Waals surface area contributed by atoms with Crippen molar-refractivity contribution in [1.82, 2.24) is 0 Å². The van der Waals surface area contributed by atoms with E-state index in [1.54, 1.807) is 0 Å². The fourth-order valence-electron chi connectivity index (χ4n) is 1.72. The molecule has 14 heavy (non-hydrogen) atoms. The minimum absolute atomic E-state index is 0.538. The van der Waals surface area contributed by atoms with Crippen LogP contribution < -0.4 is 5.32 Å². The fourth-order valence-corrected chi connectivity index (χ4v) is 1.72. The van der Waals surface area contributed by atoms with Crippen LogP contribution >= 0.6 is 0 Å². The molecule has 0 spiro atoms. The van der Waals surface area contributed by atoms with Crippen LogP contribution in [0.3, 0.4) is 0 Å². The van der Waals surface area contributed by atoms with Crippen molar-refractivity contribution in [1.29, 1.82) is 0 Å². The zero-order valence-electron chi connectivity index (χ0n) is 8.48. The average Bonchev–Trinajstić information content (AvgIpc) is 2.67. The Labute approximate surface area is 85.2 Å². The third-order valence-electron chi connectivity index (χ3n) is 2.49. The molecule has 0 heterocycles. The lowest BCUT2D eigenvalue weighted by Crippen LogP contribution is -2.87. The molecule has 1 aromatic carbocycles. The highest BCUT2D eigenvalue weighted by atomic mass is 14.9. The number of hydrogen-bond donors (Lipinski definition) is 1. The normalized spacial score (nSPS) is 15.2. The van der Waals surface area contributed by atoms with Crippen LogP contribution in [-0.2, 0) is 6.54 Å². The van der Waals surface area contributed by atoms with Crippen LogP contribution in [0.5, 0.6) is 0 Å². The first-order valence-corrected chi connectivity index (χ1v) is 5.08. The third-order valence-corrected chi connectivity index (χ3v) is 2.49. The van der Waals surface area contributed by atoms with Gasteiger partial charge in [0, 0.05) is 5.56 Å². The molecule has 0 amide bonds. The molecule has 1 aliphatic carbocycles. The maximum Gasteiger partial charge on any atom is 0.124 e. The molecule has 0 radical (unpaired) electrons. The largest absolute Gasteiger partial charge is 0.334 e. The smallest absolute Gasteiger partial charge is 0.124 e. The SMILES string of the molecule is Cc1cccc(C[NH2+]C2C=CC=C2)c1. The predicted octanol–water partition coefficient (Wildman–Crippen LogP) is 1.55. The van der Waals surface area contributed by atoms with Gasteiger partial charge in [0.05, 0.1) is 0 Å². The van der Waals surface area contributed by atoms with Gasteiger partial charge in [-0.1, -0.05) is 42.0 Å². The topological polar surface area (TPSA) is 16.6 Å². The van der Waals surface area contributed by atoms with Gasteiger partial charge >= 0.3 is 0 Å². The van der Waals surface area contributed by atoms with Gasteiger partial charge in [-0.15, -0.1) is 0 Å². The van der Waals surface area contributed by atoms with Gasteiger partial charge in [0.1, 0.15) is 12.6 Å². The molecule has 1 aliphatic rings. The van der Waals surface area contributed by atoms with E-state index in [2.05, 4.69) is 60.8 Å². The molecule has 1 heteroatoms. The van der Waals surface area contributed by atoms with E-state index in [-0.39, 0.29) is 0 Å². The van der Waals surface area contributed by atoms with Crippen molar-refractivity contribution in [3.8, 4) is 0 Å². The molecule has 1 aromatic rings. The molecular formula is C13H16N+. The van der Waals surface area contributed by atoms with Crippen LogP contribution in [0.25, 0.3) is 0 Å². The van der Waals surface area contributed by atoms with Crippen molar-refractivity contribution < 1.29 is 5.32 Å². The van der Waals surface area contributed by atoms with Crippen molar-refractivity contribution in [3.05, 3.63) is 59.7 Å². The summed E-state index contributed by atoms with van der Waals surface area (Å²) in [5, 5.41) is 2.34. The van der Waals surface area contributed by atoms with E-state index in [9.17, 15) is 0 Å². The van der Waals surface area contributed by atoms with E-state index in [4.69, 9.17) is 0 Å². The van der Waals surface area contributed by atoms with Crippen molar-refractivity contribution in [2.45, 2.75) is 19.5 Å². The summed E-state index contributed by atoms with van der Waals surface area (Å²) in [6.45, 7) is 3.19. The first kappa shape index (κ1) is 9.22. The lowest BCUT2D eigenvalue weighted by molar-refractivity contribution is -0.684. The lowest BCUT2D eigenvalue weighted by atomic mass is 10.1. The molecule has 0 atom stereocenters. The van der Waals surface area contributed by atoms with Crippen LogP contribution in [0.1, 0.15) is 11.1 Å². The maximum atomic E-state index is 2.34. The molecule has 2 rings (SSSR count). The van der Waals surface area contributed by atoms with Gasteiger partial charge in [0.2, 0.25) is 0 Å². The van der Waals surface area contributed by atoms with Gasteiger partial charge in [-0.05, 0) is 19.1 Å². The Morgan fingerprint density at radius 3 is 2.71 bits per heavy atom. The summed E-state index contributed by atoms with van der Waals surface area (Å²) in [4.78, 5) is 0. The zero-order chi connectivity index (χ0) is 9.80. The number of rotatable bonds is 3. The Hall–Kier alpha value is -1.34. The predicted molar refractivity (Wildman–Crippen MR) is 58.9 cm³/mol. The van der Waals surface area contributed by atoms with Gasteiger partial charge in [-0.25, -0.2) is 0 Å². The second-order valence-electron chi connectivity index (χ2n) is 3.78. The quantitative estimate of drug-likeness (QED) is 0.737. The first-order chi connectivity index (χ1) is 6.84. The van der Waals surface area contributed by atoms with Crippen molar-refractivity contribution >= 4 is 0 Å². The van der Waals surface area contributed by atoms with E-state index in [1.807, 2.05) is 0 Å². The number of benzene rings is 1. The van der Waals surface area contributed by atoms with Gasteiger partial charge in [0.15, 0.2) is 0 Å². The summed E-state index contributed by atoms with van der Waals surface area (Å²) < 4.78 is 0. The number of hydrogen-bond acceptors (Lipinski definition) is 0. The summed E-state index contributed by atoms with van der Waals surface area (Å²) in [7, 11) is 0. The van der Waals surface area contributed by atoms with Crippen LogP contribution in [0, 0.1) is 6.92 Å². The Bertz CT molecular complexity index is 351. The van der Waals surface area contributed by atoms with E-state index >= 15 is 0 Å². The second-order valence-corrected chi connectivity index (χ2v) is 3.78. The van der Waals surface area contributed by atoms with Gasteiger partial charge in [-0.3, -0.25) is 0 Å². The van der Waals surface area contributed by atoms with Crippen molar-refractivity contribution in [2.24, 2.45) is 0 Å². The van der Waals surface area contributed by atoms with Gasteiger partial charge in [0.25, 0.3) is 0 Å². The van der Waals surface area contributed by atoms with Gasteiger partial charge in [-0.2, -0.15) is 0 Å². The molecule has 0 saturated heterocycles. The summed E-state index contributed by atoms with van der Waals surface area (Å²) in [5.41, 5.74) is 2.74. The van der Waals surface area contributed by atoms with Crippen molar-refractivity contribution in [2.75, 3.05) is 0 Å². The third kappa shape index (κ3) is 2.33. The lowest BCUT2D eigenvalue weighted by Gasteiger charge is -2.05. The van der Waals surface area contributed by atoms with Gasteiger partial charge < -0.3 is 5.32 Å². The number of allylic oxidation sites excluding steroid dienone is 2. The van der Waals surface area contributed by atoms with Crippen LogP contribution in [0.15, 0.2) is 48.6 Å².